The number of nitrogens with two attached hydrogens (primary N) is 1. The summed E-state index contributed by atoms with van der Waals surface area (Å²) >= 11 is 0. The Morgan fingerprint density at radius 1 is 1.18 bits per heavy atom. The molecule has 0 aliphatic heterocycles. The Labute approximate surface area is 125 Å². The van der Waals surface area contributed by atoms with Gasteiger partial charge in [-0.25, -0.2) is 4.79 Å². The molecule has 0 aliphatic rings. The maximum absolute atomic E-state index is 12.1. The third-order valence-corrected chi connectivity index (χ3v) is 2.99. The van der Waals surface area contributed by atoms with E-state index in [1.807, 2.05) is 0 Å². The van der Waals surface area contributed by atoms with Gasteiger partial charge in [-0.1, -0.05) is 0 Å². The average molecular weight is 302 g/mol. The molecular weight excluding hydrogens is 288 g/mol. The highest BCUT2D eigenvalue weighted by atomic mass is 16.5. The Morgan fingerprint density at radius 2 is 1.77 bits per heavy atom. The molecule has 1 aromatic heterocycles. The molecule has 2 amide bonds. The molecule has 0 bridgehead atoms. The lowest BCUT2D eigenvalue weighted by atomic mass is 10.1. The summed E-state index contributed by atoms with van der Waals surface area (Å²) in [7, 11) is 2.82. The van der Waals surface area contributed by atoms with Crippen molar-refractivity contribution in [2.75, 3.05) is 12.4 Å². The van der Waals surface area contributed by atoms with Crippen LogP contribution in [0.3, 0.4) is 0 Å². The van der Waals surface area contributed by atoms with Gasteiger partial charge >= 0.3 is 5.97 Å². The number of carbonyl (C=O) groups excluding carboxylic acids is 3. The molecule has 0 fully saturated rings. The van der Waals surface area contributed by atoms with Gasteiger partial charge in [0.15, 0.2) is 0 Å². The highest BCUT2D eigenvalue weighted by Gasteiger charge is 2.17. The van der Waals surface area contributed by atoms with Crippen LogP contribution in [0.2, 0.25) is 0 Å². The maximum Gasteiger partial charge on any atom is 0.337 e. The quantitative estimate of drug-likeness (QED) is 0.800. The van der Waals surface area contributed by atoms with Crippen molar-refractivity contribution >= 4 is 23.5 Å². The average Bonchev–Trinajstić information content (AvgIpc) is 2.87. The number of carbonyl (C=O) groups is 3. The van der Waals surface area contributed by atoms with E-state index >= 15 is 0 Å². The smallest absolute Gasteiger partial charge is 0.337 e. The van der Waals surface area contributed by atoms with Crippen LogP contribution in [0.25, 0.3) is 0 Å². The Morgan fingerprint density at radius 3 is 2.32 bits per heavy atom. The molecule has 0 aliphatic carbocycles. The fourth-order valence-corrected chi connectivity index (χ4v) is 1.89. The zero-order valence-corrected chi connectivity index (χ0v) is 12.0. The Balaban J connectivity index is 2.19. The Bertz CT molecular complexity index is 734. The molecule has 0 atom stereocenters. The summed E-state index contributed by atoms with van der Waals surface area (Å²) in [5.74, 6) is -1.64. The third-order valence-electron chi connectivity index (χ3n) is 2.99. The topological polar surface area (TPSA) is 116 Å². The molecule has 1 aromatic carbocycles. The predicted molar refractivity (Wildman–Crippen MR) is 77.5 cm³/mol. The van der Waals surface area contributed by atoms with Gasteiger partial charge in [0.1, 0.15) is 5.69 Å². The second-order valence-electron chi connectivity index (χ2n) is 4.42. The molecular formula is C14H14N4O4. The van der Waals surface area contributed by atoms with Gasteiger partial charge in [-0.05, 0) is 24.3 Å². The van der Waals surface area contributed by atoms with Crippen molar-refractivity contribution in [3.63, 3.8) is 0 Å². The van der Waals surface area contributed by atoms with Gasteiger partial charge in [-0.2, -0.15) is 5.10 Å². The summed E-state index contributed by atoms with van der Waals surface area (Å²) in [4.78, 5) is 34.8. The normalized spacial score (nSPS) is 10.1. The van der Waals surface area contributed by atoms with E-state index in [2.05, 4.69) is 15.2 Å². The van der Waals surface area contributed by atoms with Crippen LogP contribution >= 0.6 is 0 Å². The van der Waals surface area contributed by atoms with Crippen LogP contribution < -0.4 is 11.1 Å². The van der Waals surface area contributed by atoms with Crippen LogP contribution in [0.1, 0.15) is 31.2 Å². The van der Waals surface area contributed by atoms with E-state index in [0.717, 1.165) is 0 Å². The lowest BCUT2D eigenvalue weighted by Crippen LogP contribution is -2.20. The van der Waals surface area contributed by atoms with Crippen molar-refractivity contribution in [2.24, 2.45) is 12.8 Å². The molecule has 2 aromatic rings. The van der Waals surface area contributed by atoms with Crippen LogP contribution in [0.4, 0.5) is 5.69 Å². The maximum atomic E-state index is 12.1. The lowest BCUT2D eigenvalue weighted by molar-refractivity contribution is 0.0600. The molecule has 22 heavy (non-hydrogen) atoms. The van der Waals surface area contributed by atoms with Crippen molar-refractivity contribution < 1.29 is 19.1 Å². The van der Waals surface area contributed by atoms with E-state index in [4.69, 9.17) is 5.73 Å². The van der Waals surface area contributed by atoms with Crippen LogP contribution in [-0.2, 0) is 11.8 Å². The van der Waals surface area contributed by atoms with Gasteiger partial charge in [-0.15, -0.1) is 0 Å². The van der Waals surface area contributed by atoms with E-state index in [9.17, 15) is 14.4 Å². The van der Waals surface area contributed by atoms with E-state index < -0.39 is 17.8 Å². The molecule has 2 rings (SSSR count). The zero-order chi connectivity index (χ0) is 16.3. The number of nitrogens with one attached hydrogen (secondary N) is 1. The summed E-state index contributed by atoms with van der Waals surface area (Å²) in [6.07, 6.45) is 1.33. The predicted octanol–water partition coefficient (Wildman–Crippen LogP) is 0.558. The minimum atomic E-state index is -0.698. The second-order valence-corrected chi connectivity index (χ2v) is 4.42. The summed E-state index contributed by atoms with van der Waals surface area (Å²) in [6, 6.07) is 5.89. The number of benzene rings is 1. The van der Waals surface area contributed by atoms with Crippen LogP contribution in [0.15, 0.2) is 30.5 Å². The monoisotopic (exact) mass is 302 g/mol. The molecule has 0 saturated carbocycles. The molecule has 0 radical (unpaired) electrons. The number of ether oxygens (including phenoxy) is 1. The number of rotatable bonds is 4. The lowest BCUT2D eigenvalue weighted by Gasteiger charge is -2.06. The van der Waals surface area contributed by atoms with Gasteiger partial charge in [0.2, 0.25) is 0 Å². The first-order valence-electron chi connectivity index (χ1n) is 6.25. The van der Waals surface area contributed by atoms with E-state index in [1.165, 1.54) is 42.3 Å². The molecule has 0 spiro atoms. The molecule has 1 heterocycles. The number of primary amides is 1. The number of esters is 1. The molecule has 0 saturated heterocycles. The van der Waals surface area contributed by atoms with Crippen molar-refractivity contribution in [2.45, 2.75) is 0 Å². The Hall–Kier alpha value is -3.16. The van der Waals surface area contributed by atoms with E-state index in [1.54, 1.807) is 7.05 Å². The number of aryl methyl sites for hydroxylation is 1. The standard InChI is InChI=1S/C14H14N4O4/c1-18-11(12(15)19)10(7-16-18)17-13(20)8-3-5-9(6-4-8)14(21)22-2/h3-7H,1-2H3,(H2,15,19)(H,17,20). The van der Waals surface area contributed by atoms with Gasteiger partial charge < -0.3 is 15.8 Å². The number of anilines is 1. The molecule has 114 valence electrons. The molecule has 0 unspecified atom stereocenters. The second kappa shape index (κ2) is 6.08. The molecule has 8 nitrogen and oxygen atoms in total. The van der Waals surface area contributed by atoms with Gasteiger partial charge in [0.25, 0.3) is 11.8 Å². The molecule has 3 N–H and O–H groups in total. The SMILES string of the molecule is COC(=O)c1ccc(C(=O)Nc2cnn(C)c2C(N)=O)cc1. The fraction of sp³-hybridized carbons (Fsp3) is 0.143. The number of aromatic nitrogens is 2. The number of hydrogen-bond acceptors (Lipinski definition) is 5. The summed E-state index contributed by atoms with van der Waals surface area (Å²) < 4.78 is 5.85. The van der Waals surface area contributed by atoms with Gasteiger partial charge in [0, 0.05) is 12.6 Å². The first-order valence-corrected chi connectivity index (χ1v) is 6.25. The van der Waals surface area contributed by atoms with E-state index in [-0.39, 0.29) is 11.4 Å². The number of nitrogens with zero attached hydrogens (tertiary/aromatic N) is 2. The Kier molecular flexibility index (Phi) is 4.21. The summed E-state index contributed by atoms with van der Waals surface area (Å²) in [6.45, 7) is 0. The third kappa shape index (κ3) is 2.95. The zero-order valence-electron chi connectivity index (χ0n) is 12.0. The first-order chi connectivity index (χ1) is 10.4. The van der Waals surface area contributed by atoms with Crippen molar-refractivity contribution in [3.05, 3.63) is 47.3 Å². The highest BCUT2D eigenvalue weighted by Crippen LogP contribution is 2.15. The van der Waals surface area contributed by atoms with Crippen molar-refractivity contribution in [1.29, 1.82) is 0 Å². The van der Waals surface area contributed by atoms with Crippen molar-refractivity contribution in [1.82, 2.24) is 9.78 Å². The van der Waals surface area contributed by atoms with E-state index in [0.29, 0.717) is 11.1 Å². The van der Waals surface area contributed by atoms with Gasteiger partial charge in [-0.3, -0.25) is 14.3 Å². The fourth-order valence-electron chi connectivity index (χ4n) is 1.89. The number of hydrogen-bond donors (Lipinski definition) is 2. The van der Waals surface area contributed by atoms with Crippen molar-refractivity contribution in [3.8, 4) is 0 Å². The highest BCUT2D eigenvalue weighted by molar-refractivity contribution is 6.08. The summed E-state index contributed by atoms with van der Waals surface area (Å²) in [5.41, 5.74) is 6.20. The minimum absolute atomic E-state index is 0.0968. The molecule has 8 heteroatoms. The summed E-state index contributed by atoms with van der Waals surface area (Å²) in [5, 5.41) is 6.43. The minimum Gasteiger partial charge on any atom is -0.465 e. The van der Waals surface area contributed by atoms with Crippen LogP contribution in [-0.4, -0.2) is 34.7 Å². The number of amides is 2. The largest absolute Gasteiger partial charge is 0.465 e. The number of methoxy groups -OCH3 is 1. The van der Waals surface area contributed by atoms with Gasteiger partial charge in [0.05, 0.1) is 24.6 Å². The van der Waals surface area contributed by atoms with Crippen LogP contribution in [0.5, 0.6) is 0 Å². The van der Waals surface area contributed by atoms with Crippen LogP contribution in [0, 0.1) is 0 Å². The first kappa shape index (κ1) is 15.2.